The number of hydrogen-bond acceptors (Lipinski definition) is 6. The Morgan fingerprint density at radius 2 is 1.02 bits per heavy atom. The summed E-state index contributed by atoms with van der Waals surface area (Å²) in [6.45, 7) is 5.77. The molecule has 0 unspecified atom stereocenters. The maximum absolute atomic E-state index is 12.7. The second-order valence-electron chi connectivity index (χ2n) is 9.60. The van der Waals surface area contributed by atoms with Gasteiger partial charge in [0.25, 0.3) is 11.8 Å². The zero-order valence-corrected chi connectivity index (χ0v) is 24.4. The molecule has 1 aliphatic rings. The molecule has 44 heavy (non-hydrogen) atoms. The first-order valence-corrected chi connectivity index (χ1v) is 13.8. The van der Waals surface area contributed by atoms with E-state index in [9.17, 15) is 9.59 Å². The van der Waals surface area contributed by atoms with Crippen molar-refractivity contribution in [3.63, 3.8) is 0 Å². The summed E-state index contributed by atoms with van der Waals surface area (Å²) in [5, 5.41) is 7.57. The van der Waals surface area contributed by atoms with Gasteiger partial charge in [-0.05, 0) is 80.4 Å². The SMILES string of the molecule is C.CCO.Cc1ccc(Oc2ccccc2)cc1N.Cc1ccc(Oc2ccccc2)cc1N1C(=O)c2ccccc2C1=O. The molecule has 6 rings (SSSR count). The number of anilines is 2. The molecule has 0 aromatic heterocycles. The number of carbonyl (C=O) groups is 2. The van der Waals surface area contributed by atoms with Gasteiger partial charge in [-0.1, -0.05) is 68.1 Å². The normalized spacial score (nSPS) is 11.2. The summed E-state index contributed by atoms with van der Waals surface area (Å²) in [5.74, 6) is 2.24. The van der Waals surface area contributed by atoms with E-state index in [0.29, 0.717) is 28.3 Å². The third kappa shape index (κ3) is 8.12. The number of nitrogen functional groups attached to an aromatic ring is 1. The average Bonchev–Trinajstić information content (AvgIpc) is 3.27. The predicted octanol–water partition coefficient (Wildman–Crippen LogP) is 8.59. The topological polar surface area (TPSA) is 102 Å². The minimum Gasteiger partial charge on any atom is -0.457 e. The third-order valence-electron chi connectivity index (χ3n) is 6.42. The number of aliphatic hydroxyl groups excluding tert-OH is 1. The predicted molar refractivity (Wildman–Crippen MR) is 177 cm³/mol. The number of aliphatic hydroxyl groups is 1. The first kappa shape index (κ1) is 33.1. The quantitative estimate of drug-likeness (QED) is 0.157. The molecule has 0 saturated carbocycles. The van der Waals surface area contributed by atoms with Crippen molar-refractivity contribution in [2.75, 3.05) is 17.2 Å². The molecule has 5 aromatic carbocycles. The van der Waals surface area contributed by atoms with Crippen molar-refractivity contribution in [1.29, 1.82) is 0 Å². The first-order valence-electron chi connectivity index (χ1n) is 13.8. The van der Waals surface area contributed by atoms with Gasteiger partial charge in [0, 0.05) is 24.4 Å². The fourth-order valence-corrected chi connectivity index (χ4v) is 4.23. The molecule has 0 fully saturated rings. The number of ether oxygens (including phenoxy) is 2. The van der Waals surface area contributed by atoms with Crippen molar-refractivity contribution < 1.29 is 24.2 Å². The Morgan fingerprint density at radius 1 is 0.614 bits per heavy atom. The van der Waals surface area contributed by atoms with E-state index in [-0.39, 0.29) is 25.8 Å². The van der Waals surface area contributed by atoms with E-state index in [1.807, 2.05) is 105 Å². The van der Waals surface area contributed by atoms with Gasteiger partial charge in [0.15, 0.2) is 0 Å². The van der Waals surface area contributed by atoms with Gasteiger partial charge < -0.3 is 20.3 Å². The average molecular weight is 591 g/mol. The van der Waals surface area contributed by atoms with Crippen LogP contribution in [0.25, 0.3) is 0 Å². The molecule has 5 aromatic rings. The van der Waals surface area contributed by atoms with Crippen LogP contribution in [-0.2, 0) is 0 Å². The molecular formula is C37H38N2O5. The summed E-state index contributed by atoms with van der Waals surface area (Å²) in [5.41, 5.74) is 9.85. The van der Waals surface area contributed by atoms with Gasteiger partial charge >= 0.3 is 0 Å². The molecule has 1 heterocycles. The lowest BCUT2D eigenvalue weighted by atomic mass is 10.1. The highest BCUT2D eigenvalue weighted by Crippen LogP contribution is 2.34. The van der Waals surface area contributed by atoms with Crippen LogP contribution in [0.5, 0.6) is 23.0 Å². The van der Waals surface area contributed by atoms with Crippen LogP contribution in [0.2, 0.25) is 0 Å². The van der Waals surface area contributed by atoms with E-state index in [2.05, 4.69) is 0 Å². The summed E-state index contributed by atoms with van der Waals surface area (Å²) in [6.07, 6.45) is 0. The summed E-state index contributed by atoms with van der Waals surface area (Å²) >= 11 is 0. The molecule has 3 N–H and O–H groups in total. The Bertz CT molecular complexity index is 1650. The van der Waals surface area contributed by atoms with E-state index in [0.717, 1.165) is 28.3 Å². The second kappa shape index (κ2) is 15.7. The van der Waals surface area contributed by atoms with Gasteiger partial charge in [-0.3, -0.25) is 9.59 Å². The van der Waals surface area contributed by atoms with Gasteiger partial charge in [0.1, 0.15) is 23.0 Å². The number of imide groups is 1. The number of rotatable bonds is 5. The highest BCUT2D eigenvalue weighted by atomic mass is 16.5. The highest BCUT2D eigenvalue weighted by Gasteiger charge is 2.37. The van der Waals surface area contributed by atoms with Crippen molar-refractivity contribution in [2.45, 2.75) is 28.2 Å². The van der Waals surface area contributed by atoms with Crippen molar-refractivity contribution >= 4 is 23.2 Å². The Hall–Kier alpha value is -5.40. The number of benzene rings is 5. The summed E-state index contributed by atoms with van der Waals surface area (Å²) in [6, 6.07) is 37.0. The lowest BCUT2D eigenvalue weighted by Gasteiger charge is -2.18. The van der Waals surface area contributed by atoms with Crippen LogP contribution >= 0.6 is 0 Å². The molecule has 7 heteroatoms. The molecule has 0 atom stereocenters. The number of nitrogens with zero attached hydrogens (tertiary/aromatic N) is 1. The maximum atomic E-state index is 12.7. The molecular weight excluding hydrogens is 552 g/mol. The molecule has 1 aliphatic heterocycles. The minimum absolute atomic E-state index is 0. The van der Waals surface area contributed by atoms with Crippen molar-refractivity contribution in [1.82, 2.24) is 0 Å². The van der Waals surface area contributed by atoms with E-state index in [1.54, 1.807) is 37.3 Å². The van der Waals surface area contributed by atoms with Gasteiger partial charge in [-0.25, -0.2) is 4.90 Å². The first-order chi connectivity index (χ1) is 20.8. The molecule has 0 spiro atoms. The zero-order valence-electron chi connectivity index (χ0n) is 24.4. The Labute approximate surface area is 259 Å². The van der Waals surface area contributed by atoms with Crippen LogP contribution in [0.3, 0.4) is 0 Å². The van der Waals surface area contributed by atoms with Crippen molar-refractivity contribution in [3.05, 3.63) is 144 Å². The van der Waals surface area contributed by atoms with Crippen LogP contribution in [-0.4, -0.2) is 23.5 Å². The molecule has 0 radical (unpaired) electrons. The summed E-state index contributed by atoms with van der Waals surface area (Å²) < 4.78 is 11.5. The molecule has 0 aliphatic carbocycles. The lowest BCUT2D eigenvalue weighted by molar-refractivity contribution is 0.0926. The van der Waals surface area contributed by atoms with Gasteiger partial charge in [-0.15, -0.1) is 0 Å². The number of nitrogens with two attached hydrogens (primary N) is 1. The highest BCUT2D eigenvalue weighted by molar-refractivity contribution is 6.34. The van der Waals surface area contributed by atoms with E-state index in [1.165, 1.54) is 4.90 Å². The summed E-state index contributed by atoms with van der Waals surface area (Å²) in [7, 11) is 0. The monoisotopic (exact) mass is 590 g/mol. The number of fused-ring (bicyclic) bond motifs is 1. The van der Waals surface area contributed by atoms with E-state index in [4.69, 9.17) is 20.3 Å². The minimum atomic E-state index is -0.305. The third-order valence-corrected chi connectivity index (χ3v) is 6.42. The molecule has 226 valence electrons. The second-order valence-corrected chi connectivity index (χ2v) is 9.60. The van der Waals surface area contributed by atoms with Gasteiger partial charge in [0.05, 0.1) is 16.8 Å². The fraction of sp³-hybridized carbons (Fsp3) is 0.135. The maximum Gasteiger partial charge on any atom is 0.266 e. The van der Waals surface area contributed by atoms with Crippen LogP contribution in [0, 0.1) is 13.8 Å². The standard InChI is InChI=1S/C21H15NO3.C13H13NO.C2H6O.CH4/c1-14-11-12-16(25-15-7-3-2-4-8-15)13-19(14)22-20(23)17-9-5-6-10-18(17)21(22)24;1-10-7-8-12(9-13(10)14)15-11-5-3-2-4-6-11;1-2-3;/h2-13H,1H3;2-9H,14H2,1H3;3H,2H2,1H3;1H4. The lowest BCUT2D eigenvalue weighted by Crippen LogP contribution is -2.30. The van der Waals surface area contributed by atoms with Crippen LogP contribution in [0.15, 0.2) is 121 Å². The number of para-hydroxylation sites is 2. The van der Waals surface area contributed by atoms with Crippen LogP contribution < -0.4 is 20.1 Å². The van der Waals surface area contributed by atoms with E-state index >= 15 is 0 Å². The Morgan fingerprint density at radius 3 is 1.48 bits per heavy atom. The largest absolute Gasteiger partial charge is 0.457 e. The molecule has 7 nitrogen and oxygen atoms in total. The molecule has 2 amide bonds. The van der Waals surface area contributed by atoms with Gasteiger partial charge in [-0.2, -0.15) is 0 Å². The number of aryl methyl sites for hydroxylation is 2. The van der Waals surface area contributed by atoms with Gasteiger partial charge in [0.2, 0.25) is 0 Å². The van der Waals surface area contributed by atoms with E-state index < -0.39 is 0 Å². The Balaban J connectivity index is 0.000000239. The Kier molecular flexibility index (Phi) is 11.8. The number of amides is 2. The molecule has 0 bridgehead atoms. The fourth-order valence-electron chi connectivity index (χ4n) is 4.23. The zero-order chi connectivity index (χ0) is 30.8. The van der Waals surface area contributed by atoms with Crippen LogP contribution in [0.1, 0.15) is 46.2 Å². The number of hydrogen-bond donors (Lipinski definition) is 2. The van der Waals surface area contributed by atoms with Crippen molar-refractivity contribution in [3.8, 4) is 23.0 Å². The summed E-state index contributed by atoms with van der Waals surface area (Å²) in [4.78, 5) is 26.6. The van der Waals surface area contributed by atoms with Crippen molar-refractivity contribution in [2.24, 2.45) is 0 Å². The smallest absolute Gasteiger partial charge is 0.266 e. The van der Waals surface area contributed by atoms with Crippen LogP contribution in [0.4, 0.5) is 11.4 Å². The molecule has 0 saturated heterocycles. The number of carbonyl (C=O) groups excluding carboxylic acids is 2.